The first kappa shape index (κ1) is 20.3. The molecule has 0 spiro atoms. The summed E-state index contributed by atoms with van der Waals surface area (Å²) in [6.45, 7) is 2.43. The summed E-state index contributed by atoms with van der Waals surface area (Å²) < 4.78 is 14.8. The van der Waals surface area contributed by atoms with Crippen molar-refractivity contribution in [3.05, 3.63) is 108 Å². The summed E-state index contributed by atoms with van der Waals surface area (Å²) in [4.78, 5) is 16.5. The van der Waals surface area contributed by atoms with E-state index in [-0.39, 0.29) is 12.5 Å². The van der Waals surface area contributed by atoms with E-state index >= 15 is 0 Å². The smallest absolute Gasteiger partial charge is 0.257 e. The minimum Gasteiger partial charge on any atom is -0.334 e. The number of halogens is 1. The van der Waals surface area contributed by atoms with Gasteiger partial charge in [0.2, 0.25) is 0 Å². The molecule has 3 aromatic carbocycles. The van der Waals surface area contributed by atoms with Crippen LogP contribution in [0.1, 0.15) is 23.1 Å². The Morgan fingerprint density at radius 1 is 0.767 bits per heavy atom. The maximum absolute atomic E-state index is 14.8. The van der Waals surface area contributed by atoms with Crippen molar-refractivity contribution in [1.82, 2.24) is 9.80 Å². The zero-order chi connectivity index (χ0) is 20.8. The number of nitrogens with zero attached hydrogens (tertiary/aromatic N) is 2. The number of likely N-dealkylation sites (tertiary alicyclic amines) is 1. The summed E-state index contributed by atoms with van der Waals surface area (Å²) in [5.74, 6) is -0.394. The minimum absolute atomic E-state index is 0.0400. The number of carbonyl (C=O) groups is 1. The Bertz CT molecular complexity index is 892. The predicted molar refractivity (Wildman–Crippen MR) is 117 cm³/mol. The monoisotopic (exact) mass is 402 g/mol. The topological polar surface area (TPSA) is 23.6 Å². The third kappa shape index (κ3) is 5.14. The molecule has 3 nitrogen and oxygen atoms in total. The molecule has 1 saturated heterocycles. The third-order valence-electron chi connectivity index (χ3n) is 5.68. The van der Waals surface area contributed by atoms with Gasteiger partial charge in [0, 0.05) is 38.6 Å². The molecule has 1 fully saturated rings. The molecular weight excluding hydrogens is 375 g/mol. The lowest BCUT2D eigenvalue weighted by atomic mass is 9.99. The van der Waals surface area contributed by atoms with Crippen LogP contribution < -0.4 is 0 Å². The standard InChI is InChI=1S/C26H27FN2O/c27-25-16-24(20-29(26(25)30)19-23-14-8-3-9-15-23)28(17-21-10-4-1-5-11-21)18-22-12-6-2-7-13-22/h1-15,24-25H,16-20H2/t24-,25+/m0/s1. The van der Waals surface area contributed by atoms with E-state index in [0.29, 0.717) is 13.1 Å². The van der Waals surface area contributed by atoms with Crippen LogP contribution in [0.5, 0.6) is 0 Å². The van der Waals surface area contributed by atoms with Crippen LogP contribution in [0.2, 0.25) is 0 Å². The van der Waals surface area contributed by atoms with Gasteiger partial charge in [0.15, 0.2) is 6.17 Å². The van der Waals surface area contributed by atoms with Gasteiger partial charge in [0.05, 0.1) is 0 Å². The van der Waals surface area contributed by atoms with E-state index in [2.05, 4.69) is 29.2 Å². The lowest BCUT2D eigenvalue weighted by Crippen LogP contribution is -2.53. The molecule has 0 aromatic heterocycles. The quantitative estimate of drug-likeness (QED) is 0.565. The van der Waals surface area contributed by atoms with Crippen LogP contribution in [0, 0.1) is 0 Å². The van der Waals surface area contributed by atoms with Gasteiger partial charge in [-0.3, -0.25) is 9.69 Å². The van der Waals surface area contributed by atoms with Crippen molar-refractivity contribution in [3.8, 4) is 0 Å². The molecule has 0 bridgehead atoms. The molecule has 1 heterocycles. The normalized spacial score (nSPS) is 19.3. The maximum Gasteiger partial charge on any atom is 0.257 e. The maximum atomic E-state index is 14.8. The van der Waals surface area contributed by atoms with Crippen LogP contribution >= 0.6 is 0 Å². The van der Waals surface area contributed by atoms with Gasteiger partial charge in [-0.15, -0.1) is 0 Å². The summed E-state index contributed by atoms with van der Waals surface area (Å²) >= 11 is 0. The highest BCUT2D eigenvalue weighted by atomic mass is 19.1. The fraction of sp³-hybridized carbons (Fsp3) is 0.269. The Labute approximate surface area is 177 Å². The number of rotatable bonds is 7. The fourth-order valence-electron chi connectivity index (χ4n) is 4.12. The zero-order valence-electron chi connectivity index (χ0n) is 17.0. The molecule has 2 atom stereocenters. The number of piperidine rings is 1. The van der Waals surface area contributed by atoms with Gasteiger partial charge < -0.3 is 4.90 Å². The van der Waals surface area contributed by atoms with Gasteiger partial charge >= 0.3 is 0 Å². The van der Waals surface area contributed by atoms with E-state index in [9.17, 15) is 9.18 Å². The molecule has 0 unspecified atom stereocenters. The Morgan fingerprint density at radius 2 is 1.23 bits per heavy atom. The van der Waals surface area contributed by atoms with Crippen molar-refractivity contribution in [3.63, 3.8) is 0 Å². The van der Waals surface area contributed by atoms with Crippen LogP contribution in [0.25, 0.3) is 0 Å². The Hall–Kier alpha value is -2.98. The Morgan fingerprint density at radius 3 is 1.73 bits per heavy atom. The second kappa shape index (κ2) is 9.68. The molecule has 1 aliphatic heterocycles. The van der Waals surface area contributed by atoms with Crippen molar-refractivity contribution < 1.29 is 9.18 Å². The van der Waals surface area contributed by atoms with Gasteiger partial charge in [-0.05, 0) is 16.7 Å². The van der Waals surface area contributed by atoms with Gasteiger partial charge in [-0.1, -0.05) is 91.0 Å². The van der Waals surface area contributed by atoms with Gasteiger partial charge in [0.25, 0.3) is 5.91 Å². The third-order valence-corrected chi connectivity index (χ3v) is 5.68. The number of amides is 1. The molecule has 30 heavy (non-hydrogen) atoms. The fourth-order valence-corrected chi connectivity index (χ4v) is 4.12. The summed E-state index contributed by atoms with van der Waals surface area (Å²) in [6, 6.07) is 30.3. The highest BCUT2D eigenvalue weighted by Crippen LogP contribution is 2.25. The zero-order valence-corrected chi connectivity index (χ0v) is 17.0. The number of alkyl halides is 1. The molecule has 1 amide bonds. The van der Waals surface area contributed by atoms with E-state index in [1.807, 2.05) is 66.7 Å². The second-order valence-corrected chi connectivity index (χ2v) is 7.94. The molecule has 154 valence electrons. The average Bonchev–Trinajstić information content (AvgIpc) is 2.78. The van der Waals surface area contributed by atoms with Crippen LogP contribution in [0.3, 0.4) is 0 Å². The van der Waals surface area contributed by atoms with Crippen LogP contribution in [-0.2, 0) is 24.4 Å². The van der Waals surface area contributed by atoms with E-state index in [0.717, 1.165) is 18.7 Å². The molecule has 1 aliphatic rings. The first-order valence-corrected chi connectivity index (χ1v) is 10.5. The number of carbonyl (C=O) groups excluding carboxylic acids is 1. The lowest BCUT2D eigenvalue weighted by molar-refractivity contribution is -0.143. The Kier molecular flexibility index (Phi) is 6.55. The van der Waals surface area contributed by atoms with E-state index < -0.39 is 12.1 Å². The molecular formula is C26H27FN2O. The van der Waals surface area contributed by atoms with Crippen molar-refractivity contribution >= 4 is 5.91 Å². The molecule has 4 heteroatoms. The van der Waals surface area contributed by atoms with Crippen molar-refractivity contribution in [2.45, 2.75) is 38.3 Å². The van der Waals surface area contributed by atoms with Gasteiger partial charge in [-0.25, -0.2) is 4.39 Å². The second-order valence-electron chi connectivity index (χ2n) is 7.94. The summed E-state index contributed by atoms with van der Waals surface area (Å²) in [7, 11) is 0. The van der Waals surface area contributed by atoms with Crippen LogP contribution in [0.15, 0.2) is 91.0 Å². The first-order chi connectivity index (χ1) is 14.7. The molecule has 0 N–H and O–H groups in total. The summed E-state index contributed by atoms with van der Waals surface area (Å²) in [6.07, 6.45) is -1.22. The minimum atomic E-state index is -1.46. The van der Waals surface area contributed by atoms with Gasteiger partial charge in [-0.2, -0.15) is 0 Å². The van der Waals surface area contributed by atoms with Gasteiger partial charge in [0.1, 0.15) is 0 Å². The molecule has 3 aromatic rings. The van der Waals surface area contributed by atoms with Crippen LogP contribution in [-0.4, -0.2) is 34.5 Å². The molecule has 0 radical (unpaired) electrons. The highest BCUT2D eigenvalue weighted by Gasteiger charge is 2.37. The van der Waals surface area contributed by atoms with E-state index in [4.69, 9.17) is 0 Å². The summed E-state index contributed by atoms with van der Waals surface area (Å²) in [5, 5.41) is 0. The van der Waals surface area contributed by atoms with Crippen molar-refractivity contribution in [2.75, 3.05) is 6.54 Å². The van der Waals surface area contributed by atoms with Crippen molar-refractivity contribution in [2.24, 2.45) is 0 Å². The van der Waals surface area contributed by atoms with Crippen LogP contribution in [0.4, 0.5) is 4.39 Å². The SMILES string of the molecule is O=C1[C@H](F)C[C@H](N(Cc2ccccc2)Cc2ccccc2)CN1Cc1ccccc1. The number of hydrogen-bond donors (Lipinski definition) is 0. The molecule has 0 saturated carbocycles. The lowest BCUT2D eigenvalue weighted by Gasteiger charge is -2.40. The largest absolute Gasteiger partial charge is 0.334 e. The predicted octanol–water partition coefficient (Wildman–Crippen LogP) is 4.83. The Balaban J connectivity index is 1.55. The number of benzene rings is 3. The van der Waals surface area contributed by atoms with E-state index in [1.165, 1.54) is 11.1 Å². The summed E-state index contributed by atoms with van der Waals surface area (Å²) in [5.41, 5.74) is 3.40. The molecule has 0 aliphatic carbocycles. The van der Waals surface area contributed by atoms with Crippen molar-refractivity contribution in [1.29, 1.82) is 0 Å². The highest BCUT2D eigenvalue weighted by molar-refractivity contribution is 5.81. The average molecular weight is 403 g/mol. The molecule has 4 rings (SSSR count). The van der Waals surface area contributed by atoms with E-state index in [1.54, 1.807) is 4.90 Å². The first-order valence-electron chi connectivity index (χ1n) is 10.5. The number of hydrogen-bond acceptors (Lipinski definition) is 2.